The summed E-state index contributed by atoms with van der Waals surface area (Å²) in [7, 11) is -3.43. The number of hydrogen-bond donors (Lipinski definition) is 2. The Hall–Kier alpha value is -0.850. The molecule has 0 aliphatic carbocycles. The van der Waals surface area contributed by atoms with Crippen molar-refractivity contribution in [1.29, 1.82) is 0 Å². The van der Waals surface area contributed by atoms with Gasteiger partial charge in [-0.15, -0.1) is 0 Å². The summed E-state index contributed by atoms with van der Waals surface area (Å²) in [5.74, 6) is 0. The summed E-state index contributed by atoms with van der Waals surface area (Å²) in [6.07, 6.45) is 3.32. The van der Waals surface area contributed by atoms with Gasteiger partial charge in [-0.25, -0.2) is 13.1 Å². The summed E-state index contributed by atoms with van der Waals surface area (Å²) in [5, 5.41) is 3.33. The fraction of sp³-hybridized carbons (Fsp3) is 0.733. The predicted octanol–water partition coefficient (Wildman–Crippen LogP) is 2.47. The maximum Gasteiger partial charge on any atom is 0.242 e. The first-order valence-corrected chi connectivity index (χ1v) is 9.27. The molecular formula is C15H29N3O2S. The van der Waals surface area contributed by atoms with Crippen LogP contribution in [-0.4, -0.2) is 25.1 Å². The minimum Gasteiger partial charge on any atom is -0.349 e. The first kappa shape index (κ1) is 18.2. The zero-order chi connectivity index (χ0) is 16.0. The van der Waals surface area contributed by atoms with Crippen molar-refractivity contribution in [2.75, 3.05) is 0 Å². The molecule has 0 spiro atoms. The predicted molar refractivity (Wildman–Crippen MR) is 86.8 cm³/mol. The Labute approximate surface area is 129 Å². The Kier molecular flexibility index (Phi) is 6.90. The molecule has 122 valence electrons. The number of aromatic nitrogens is 1. The van der Waals surface area contributed by atoms with Crippen molar-refractivity contribution < 1.29 is 8.42 Å². The van der Waals surface area contributed by atoms with E-state index in [9.17, 15) is 8.42 Å². The third kappa shape index (κ3) is 5.13. The largest absolute Gasteiger partial charge is 0.349 e. The van der Waals surface area contributed by atoms with Crippen molar-refractivity contribution in [3.8, 4) is 0 Å². The summed E-state index contributed by atoms with van der Waals surface area (Å²) in [5.41, 5.74) is 0.996. The lowest BCUT2D eigenvalue weighted by atomic mass is 10.2. The summed E-state index contributed by atoms with van der Waals surface area (Å²) >= 11 is 0. The molecule has 0 aliphatic rings. The number of sulfonamides is 1. The van der Waals surface area contributed by atoms with E-state index in [1.165, 1.54) is 0 Å². The van der Waals surface area contributed by atoms with Gasteiger partial charge in [0, 0.05) is 37.1 Å². The van der Waals surface area contributed by atoms with Gasteiger partial charge in [-0.3, -0.25) is 0 Å². The van der Waals surface area contributed by atoms with Crippen LogP contribution in [0.2, 0.25) is 0 Å². The summed E-state index contributed by atoms with van der Waals surface area (Å²) in [6, 6.07) is 2.13. The third-order valence-electron chi connectivity index (χ3n) is 3.61. The van der Waals surface area contributed by atoms with Crippen molar-refractivity contribution in [2.45, 2.75) is 77.5 Å². The van der Waals surface area contributed by atoms with Crippen LogP contribution in [0.4, 0.5) is 0 Å². The van der Waals surface area contributed by atoms with Crippen molar-refractivity contribution in [3.05, 3.63) is 18.0 Å². The number of hydrogen-bond acceptors (Lipinski definition) is 3. The molecule has 0 saturated heterocycles. The molecule has 0 aliphatic heterocycles. The zero-order valence-electron chi connectivity index (χ0n) is 13.8. The maximum absolute atomic E-state index is 12.4. The SMILES string of the molecule is CCC(CC)NS(=O)(=O)c1cc(CNC(C)C)n(CC)c1. The van der Waals surface area contributed by atoms with Crippen LogP contribution in [0, 0.1) is 0 Å². The van der Waals surface area contributed by atoms with Gasteiger partial charge in [-0.1, -0.05) is 27.7 Å². The lowest BCUT2D eigenvalue weighted by Gasteiger charge is -2.13. The second-order valence-electron chi connectivity index (χ2n) is 5.62. The molecule has 0 unspecified atom stereocenters. The normalized spacial score (nSPS) is 12.5. The van der Waals surface area contributed by atoms with Crippen LogP contribution in [0.1, 0.15) is 53.2 Å². The van der Waals surface area contributed by atoms with E-state index < -0.39 is 10.0 Å². The van der Waals surface area contributed by atoms with Crippen molar-refractivity contribution in [3.63, 3.8) is 0 Å². The standard InChI is InChI=1S/C15H29N3O2S/c1-6-13(7-2)17-21(19,20)15-9-14(10-16-12(4)5)18(8-3)11-15/h9,11-13,16-17H,6-8,10H2,1-5H3. The fourth-order valence-electron chi connectivity index (χ4n) is 2.17. The number of nitrogens with zero attached hydrogens (tertiary/aromatic N) is 1. The smallest absolute Gasteiger partial charge is 0.242 e. The fourth-order valence-corrected chi connectivity index (χ4v) is 3.63. The lowest BCUT2D eigenvalue weighted by molar-refractivity contribution is 0.530. The highest BCUT2D eigenvalue weighted by atomic mass is 32.2. The Morgan fingerprint density at radius 2 is 1.81 bits per heavy atom. The summed E-state index contributed by atoms with van der Waals surface area (Å²) in [6.45, 7) is 11.6. The highest BCUT2D eigenvalue weighted by molar-refractivity contribution is 7.89. The Balaban J connectivity index is 2.97. The van der Waals surface area contributed by atoms with Gasteiger partial charge in [0.1, 0.15) is 0 Å². The van der Waals surface area contributed by atoms with E-state index in [4.69, 9.17) is 0 Å². The summed E-state index contributed by atoms with van der Waals surface area (Å²) < 4.78 is 29.6. The van der Waals surface area contributed by atoms with Crippen LogP contribution in [0.5, 0.6) is 0 Å². The molecule has 21 heavy (non-hydrogen) atoms. The second kappa shape index (κ2) is 7.96. The van der Waals surface area contributed by atoms with Crippen LogP contribution in [0.15, 0.2) is 17.2 Å². The minimum absolute atomic E-state index is 0.00258. The molecule has 0 bridgehead atoms. The van der Waals surface area contributed by atoms with Crippen LogP contribution in [0.25, 0.3) is 0 Å². The van der Waals surface area contributed by atoms with Gasteiger partial charge in [-0.05, 0) is 25.8 Å². The van der Waals surface area contributed by atoms with E-state index in [-0.39, 0.29) is 6.04 Å². The van der Waals surface area contributed by atoms with Crippen molar-refractivity contribution in [1.82, 2.24) is 14.6 Å². The van der Waals surface area contributed by atoms with Gasteiger partial charge in [0.05, 0.1) is 4.90 Å². The Morgan fingerprint density at radius 1 is 1.19 bits per heavy atom. The monoisotopic (exact) mass is 315 g/mol. The highest BCUT2D eigenvalue weighted by Crippen LogP contribution is 2.16. The number of aryl methyl sites for hydroxylation is 1. The van der Waals surface area contributed by atoms with Crippen LogP contribution in [-0.2, 0) is 23.1 Å². The van der Waals surface area contributed by atoms with Crippen LogP contribution < -0.4 is 10.0 Å². The molecule has 0 saturated carbocycles. The first-order chi connectivity index (χ1) is 9.83. The molecule has 5 nitrogen and oxygen atoms in total. The third-order valence-corrected chi connectivity index (χ3v) is 5.10. The van der Waals surface area contributed by atoms with Gasteiger partial charge < -0.3 is 9.88 Å². The molecule has 0 amide bonds. The van der Waals surface area contributed by atoms with E-state index in [2.05, 4.69) is 23.9 Å². The van der Waals surface area contributed by atoms with E-state index in [0.717, 1.165) is 25.1 Å². The van der Waals surface area contributed by atoms with Crippen molar-refractivity contribution in [2.24, 2.45) is 0 Å². The molecule has 0 radical (unpaired) electrons. The van der Waals surface area contributed by atoms with Crippen LogP contribution in [0.3, 0.4) is 0 Å². The minimum atomic E-state index is -3.43. The van der Waals surface area contributed by atoms with E-state index >= 15 is 0 Å². The van der Waals surface area contributed by atoms with Crippen molar-refractivity contribution >= 4 is 10.0 Å². The second-order valence-corrected chi connectivity index (χ2v) is 7.34. The van der Waals surface area contributed by atoms with E-state index in [1.807, 2.05) is 25.3 Å². The molecule has 2 N–H and O–H groups in total. The topological polar surface area (TPSA) is 63.1 Å². The Morgan fingerprint density at radius 3 is 2.29 bits per heavy atom. The lowest BCUT2D eigenvalue weighted by Crippen LogP contribution is -2.33. The number of rotatable bonds is 9. The molecule has 1 aromatic heterocycles. The quantitative estimate of drug-likeness (QED) is 0.736. The maximum atomic E-state index is 12.4. The molecule has 0 fully saturated rings. The molecule has 1 heterocycles. The summed E-state index contributed by atoms with van der Waals surface area (Å²) in [4.78, 5) is 0.358. The first-order valence-electron chi connectivity index (χ1n) is 7.78. The molecular weight excluding hydrogens is 286 g/mol. The average Bonchev–Trinajstić information content (AvgIpc) is 2.86. The molecule has 1 rings (SSSR count). The van der Waals surface area contributed by atoms with E-state index in [1.54, 1.807) is 12.3 Å². The molecule has 1 aromatic rings. The van der Waals surface area contributed by atoms with Gasteiger partial charge >= 0.3 is 0 Å². The van der Waals surface area contributed by atoms with Gasteiger partial charge in [-0.2, -0.15) is 0 Å². The molecule has 0 aromatic carbocycles. The van der Waals surface area contributed by atoms with Gasteiger partial charge in [0.15, 0.2) is 0 Å². The van der Waals surface area contributed by atoms with Gasteiger partial charge in [0.2, 0.25) is 10.0 Å². The van der Waals surface area contributed by atoms with E-state index in [0.29, 0.717) is 17.5 Å². The average molecular weight is 315 g/mol. The highest BCUT2D eigenvalue weighted by Gasteiger charge is 2.20. The number of nitrogens with one attached hydrogen (secondary N) is 2. The zero-order valence-corrected chi connectivity index (χ0v) is 14.6. The molecule has 0 atom stereocenters. The molecule has 6 heteroatoms. The Bertz CT molecular complexity index is 531. The van der Waals surface area contributed by atoms with Gasteiger partial charge in [0.25, 0.3) is 0 Å². The van der Waals surface area contributed by atoms with Crippen LogP contribution >= 0.6 is 0 Å².